The second kappa shape index (κ2) is 3.65. The van der Waals surface area contributed by atoms with Crippen LogP contribution in [-0.2, 0) is 20.1 Å². The number of nitrogens with zero attached hydrogens (tertiary/aromatic N) is 3. The molecule has 4 rings (SSSR count). The van der Waals surface area contributed by atoms with Crippen molar-refractivity contribution in [3.8, 4) is 0 Å². The van der Waals surface area contributed by atoms with Crippen LogP contribution in [0.15, 0.2) is 41.4 Å². The molecule has 0 atom stereocenters. The van der Waals surface area contributed by atoms with Crippen LogP contribution in [-0.4, -0.2) is 14.5 Å². The van der Waals surface area contributed by atoms with Gasteiger partial charge in [-0.2, -0.15) is 0 Å². The first-order valence-electron chi connectivity index (χ1n) is 4.95. The van der Waals surface area contributed by atoms with Crippen LogP contribution in [0.1, 0.15) is 0 Å². The summed E-state index contributed by atoms with van der Waals surface area (Å²) in [5, 5.41) is 6.02. The number of pyridine rings is 1. The summed E-state index contributed by atoms with van der Waals surface area (Å²) in [5.41, 5.74) is 2.66. The molecule has 0 aliphatic heterocycles. The Balaban J connectivity index is 0.000000902. The Morgan fingerprint density at radius 3 is 3.24 bits per heavy atom. The quantitative estimate of drug-likeness (QED) is 0.426. The van der Waals surface area contributed by atoms with E-state index in [9.17, 15) is 0 Å². The molecule has 17 heavy (non-hydrogen) atoms. The van der Waals surface area contributed by atoms with Crippen molar-refractivity contribution in [2.75, 3.05) is 0 Å². The van der Waals surface area contributed by atoms with Crippen molar-refractivity contribution in [2.24, 2.45) is 0 Å². The maximum atomic E-state index is 5.04. The Labute approximate surface area is 110 Å². The third-order valence-electron chi connectivity index (χ3n) is 2.79. The minimum absolute atomic E-state index is 0. The molecule has 1 aromatic carbocycles. The van der Waals surface area contributed by atoms with Gasteiger partial charge in [0, 0.05) is 32.5 Å². The topological polar surface area (TPSA) is 43.3 Å². The number of benzene rings is 1. The van der Waals surface area contributed by atoms with Gasteiger partial charge in [-0.05, 0) is 0 Å². The van der Waals surface area contributed by atoms with E-state index in [1.165, 1.54) is 0 Å². The van der Waals surface area contributed by atoms with Gasteiger partial charge in [-0.15, -0.1) is 24.3 Å². The van der Waals surface area contributed by atoms with E-state index in [2.05, 4.69) is 16.2 Å². The zero-order valence-corrected chi connectivity index (χ0v) is 10.9. The van der Waals surface area contributed by atoms with Gasteiger partial charge in [-0.1, -0.05) is 15.9 Å². The molecule has 1 radical (unpaired) electrons. The monoisotopic (exact) mass is 401 g/mol. The Morgan fingerprint density at radius 1 is 1.35 bits per heavy atom. The Kier molecular flexibility index (Phi) is 2.24. The van der Waals surface area contributed by atoms with E-state index in [1.807, 2.05) is 28.8 Å². The number of hydrogen-bond acceptors (Lipinski definition) is 3. The standard InChI is InChI=1S/C12H6N3O.Ir/c1-2-4-9-8(3-1)11-10(7-16-14-11)15-6-5-13-12(9)15;/h1-3,5-7H;/q-1;. The van der Waals surface area contributed by atoms with Gasteiger partial charge in [0.2, 0.25) is 0 Å². The second-order valence-corrected chi connectivity index (χ2v) is 3.63. The molecule has 0 aliphatic rings. The van der Waals surface area contributed by atoms with Gasteiger partial charge in [0.1, 0.15) is 6.26 Å². The van der Waals surface area contributed by atoms with Crippen LogP contribution in [0, 0.1) is 6.07 Å². The Hall–Kier alpha value is -1.71. The van der Waals surface area contributed by atoms with Crippen molar-refractivity contribution in [3.05, 3.63) is 42.9 Å². The third-order valence-corrected chi connectivity index (χ3v) is 2.79. The van der Waals surface area contributed by atoms with Crippen molar-refractivity contribution < 1.29 is 24.6 Å². The smallest absolute Gasteiger partial charge is 0.146 e. The van der Waals surface area contributed by atoms with E-state index in [4.69, 9.17) is 4.52 Å². The van der Waals surface area contributed by atoms with Gasteiger partial charge in [0.25, 0.3) is 0 Å². The first-order chi connectivity index (χ1) is 7.95. The van der Waals surface area contributed by atoms with E-state index in [0.717, 1.165) is 27.5 Å². The molecule has 5 heteroatoms. The number of hydrogen-bond donors (Lipinski definition) is 0. The Bertz CT molecular complexity index is 749. The fourth-order valence-electron chi connectivity index (χ4n) is 2.09. The maximum absolute atomic E-state index is 5.04. The van der Waals surface area contributed by atoms with Crippen molar-refractivity contribution in [1.29, 1.82) is 0 Å². The predicted molar refractivity (Wildman–Crippen MR) is 59.1 cm³/mol. The molecule has 3 aromatic heterocycles. The summed E-state index contributed by atoms with van der Waals surface area (Å²) in [5.74, 6) is 0. The molecule has 0 fully saturated rings. The summed E-state index contributed by atoms with van der Waals surface area (Å²) in [6.45, 7) is 0. The summed E-state index contributed by atoms with van der Waals surface area (Å²) < 4.78 is 7.00. The van der Waals surface area contributed by atoms with E-state index < -0.39 is 0 Å². The normalized spacial score (nSPS) is 11.1. The first-order valence-corrected chi connectivity index (χ1v) is 4.95. The number of fused-ring (bicyclic) bond motifs is 6. The summed E-state index contributed by atoms with van der Waals surface area (Å²) in [4.78, 5) is 4.34. The van der Waals surface area contributed by atoms with Crippen LogP contribution in [0.3, 0.4) is 0 Å². The van der Waals surface area contributed by atoms with Crippen molar-refractivity contribution in [1.82, 2.24) is 14.5 Å². The molecule has 0 unspecified atom stereocenters. The molecule has 85 valence electrons. The van der Waals surface area contributed by atoms with Gasteiger partial charge >= 0.3 is 0 Å². The third kappa shape index (κ3) is 1.27. The van der Waals surface area contributed by atoms with Gasteiger partial charge in [0.15, 0.2) is 0 Å². The average Bonchev–Trinajstić information content (AvgIpc) is 2.98. The molecule has 3 heterocycles. The molecule has 0 bridgehead atoms. The molecule has 0 saturated carbocycles. The number of imidazole rings is 1. The van der Waals surface area contributed by atoms with Crippen LogP contribution in [0.25, 0.3) is 27.5 Å². The summed E-state index contributed by atoms with van der Waals surface area (Å²) in [7, 11) is 0. The minimum Gasteiger partial charge on any atom is -0.363 e. The van der Waals surface area contributed by atoms with Gasteiger partial charge in [0.05, 0.1) is 16.7 Å². The fourth-order valence-corrected chi connectivity index (χ4v) is 2.09. The molecule has 0 aliphatic carbocycles. The van der Waals surface area contributed by atoms with Gasteiger partial charge < -0.3 is 8.92 Å². The molecular weight excluding hydrogens is 394 g/mol. The second-order valence-electron chi connectivity index (χ2n) is 3.63. The summed E-state index contributed by atoms with van der Waals surface area (Å²) >= 11 is 0. The zero-order chi connectivity index (χ0) is 10.5. The van der Waals surface area contributed by atoms with Crippen molar-refractivity contribution in [3.63, 3.8) is 0 Å². The predicted octanol–water partition coefficient (Wildman–Crippen LogP) is 2.43. The van der Waals surface area contributed by atoms with Crippen molar-refractivity contribution in [2.45, 2.75) is 0 Å². The summed E-state index contributed by atoms with van der Waals surface area (Å²) in [6.07, 6.45) is 5.30. The van der Waals surface area contributed by atoms with E-state index in [0.29, 0.717) is 0 Å². The molecule has 0 spiro atoms. The van der Waals surface area contributed by atoms with Gasteiger partial charge in [-0.25, -0.2) is 0 Å². The van der Waals surface area contributed by atoms with E-state index >= 15 is 0 Å². The summed E-state index contributed by atoms with van der Waals surface area (Å²) in [6, 6.07) is 9.02. The zero-order valence-electron chi connectivity index (χ0n) is 8.55. The fraction of sp³-hybridized carbons (Fsp3) is 0. The average molecular weight is 400 g/mol. The largest absolute Gasteiger partial charge is 0.363 e. The number of aromatic nitrogens is 3. The molecular formula is C12H6IrN3O-. The van der Waals surface area contributed by atoms with E-state index in [1.54, 1.807) is 12.5 Å². The SMILES string of the molecule is [Ir].[c-]1cccc2c1c1nccn1c1conc21. The molecule has 0 saturated heterocycles. The first kappa shape index (κ1) is 10.4. The van der Waals surface area contributed by atoms with E-state index in [-0.39, 0.29) is 20.1 Å². The van der Waals surface area contributed by atoms with Gasteiger partial charge in [-0.3, -0.25) is 4.98 Å². The maximum Gasteiger partial charge on any atom is 0.146 e. The molecule has 4 aromatic rings. The van der Waals surface area contributed by atoms with Crippen LogP contribution in [0.4, 0.5) is 0 Å². The molecule has 0 N–H and O–H groups in total. The van der Waals surface area contributed by atoms with Crippen LogP contribution in [0.2, 0.25) is 0 Å². The molecule has 4 nitrogen and oxygen atoms in total. The van der Waals surface area contributed by atoms with Crippen molar-refractivity contribution >= 4 is 27.5 Å². The van der Waals surface area contributed by atoms with Crippen LogP contribution in [0.5, 0.6) is 0 Å². The number of rotatable bonds is 0. The Morgan fingerprint density at radius 2 is 2.29 bits per heavy atom. The van der Waals surface area contributed by atoms with Crippen LogP contribution < -0.4 is 0 Å². The minimum atomic E-state index is 0. The van der Waals surface area contributed by atoms with Crippen LogP contribution >= 0.6 is 0 Å². The molecule has 0 amide bonds.